The smallest absolute Gasteiger partial charge is 0.323 e. The molecule has 0 saturated carbocycles. The van der Waals surface area contributed by atoms with E-state index >= 15 is 0 Å². The van der Waals surface area contributed by atoms with Crippen molar-refractivity contribution >= 4 is 0 Å². The van der Waals surface area contributed by atoms with Gasteiger partial charge >= 0.3 is 12.1 Å². The van der Waals surface area contributed by atoms with Crippen LogP contribution in [-0.2, 0) is 26.4 Å². The first-order chi connectivity index (χ1) is 13.7. The molecule has 3 fully saturated rings. The molecule has 3 heterocycles. The quantitative estimate of drug-likeness (QED) is 0.608. The Labute approximate surface area is 164 Å². The fraction of sp³-hybridized carbons (Fsp3) is 0.429. The first kappa shape index (κ1) is 20.3. The van der Waals surface area contributed by atoms with Crippen LogP contribution in [0.15, 0.2) is 36.4 Å². The highest BCUT2D eigenvalue weighted by Crippen LogP contribution is 2.46. The predicted molar refractivity (Wildman–Crippen MR) is 93.7 cm³/mol. The summed E-state index contributed by atoms with van der Waals surface area (Å²) in [5, 5.41) is 0. The Morgan fingerprint density at radius 2 is 1.38 bits per heavy atom. The lowest BCUT2D eigenvalue weighted by Gasteiger charge is -2.51. The molecule has 0 atom stereocenters. The molecule has 0 aromatic heterocycles. The number of benzene rings is 2. The van der Waals surface area contributed by atoms with E-state index in [9.17, 15) is 22.0 Å². The maximum atomic E-state index is 13.9. The normalized spacial score (nSPS) is 26.7. The fourth-order valence-corrected chi connectivity index (χ4v) is 3.87. The monoisotopic (exact) mass is 414 g/mol. The van der Waals surface area contributed by atoms with Crippen LogP contribution in [0.25, 0.3) is 11.1 Å². The van der Waals surface area contributed by atoms with Gasteiger partial charge in [0.1, 0.15) is 17.2 Å². The zero-order valence-electron chi connectivity index (χ0n) is 15.6. The topological polar surface area (TPSA) is 27.7 Å². The molecule has 0 radical (unpaired) electrons. The summed E-state index contributed by atoms with van der Waals surface area (Å²) in [4.78, 5) is 0. The van der Waals surface area contributed by atoms with Gasteiger partial charge in [-0.25, -0.2) is 8.78 Å². The molecule has 3 saturated heterocycles. The summed E-state index contributed by atoms with van der Waals surface area (Å²) in [7, 11) is 0. The Morgan fingerprint density at radius 3 is 1.83 bits per heavy atom. The molecule has 8 heteroatoms. The van der Waals surface area contributed by atoms with Gasteiger partial charge in [0.15, 0.2) is 0 Å². The van der Waals surface area contributed by atoms with Crippen molar-refractivity contribution in [1.29, 1.82) is 0 Å². The molecule has 3 aliphatic heterocycles. The van der Waals surface area contributed by atoms with E-state index in [4.69, 9.17) is 14.2 Å². The van der Waals surface area contributed by atoms with Gasteiger partial charge in [-0.2, -0.15) is 13.2 Å². The molecule has 2 aromatic carbocycles. The van der Waals surface area contributed by atoms with Gasteiger partial charge in [-0.15, -0.1) is 0 Å². The number of hydrogen-bond donors (Lipinski definition) is 0. The van der Waals surface area contributed by atoms with E-state index in [0.29, 0.717) is 43.1 Å². The van der Waals surface area contributed by atoms with Crippen LogP contribution >= 0.6 is 0 Å². The summed E-state index contributed by atoms with van der Waals surface area (Å²) in [5.74, 6) is -4.64. The zero-order chi connectivity index (χ0) is 20.9. The third-order valence-corrected chi connectivity index (χ3v) is 5.38. The van der Waals surface area contributed by atoms with E-state index in [0.717, 1.165) is 12.8 Å². The zero-order valence-corrected chi connectivity index (χ0v) is 15.6. The van der Waals surface area contributed by atoms with E-state index < -0.39 is 29.3 Å². The Bertz CT molecular complexity index is 860. The van der Waals surface area contributed by atoms with Crippen LogP contribution in [0.1, 0.15) is 30.9 Å². The van der Waals surface area contributed by atoms with Crippen molar-refractivity contribution in [2.24, 2.45) is 5.41 Å². The maximum Gasteiger partial charge on any atom is 0.422 e. The first-order valence-corrected chi connectivity index (χ1v) is 9.27. The fourth-order valence-electron chi connectivity index (χ4n) is 3.87. The molecule has 2 aromatic rings. The van der Waals surface area contributed by atoms with Gasteiger partial charge in [0.25, 0.3) is 0 Å². The molecule has 0 unspecified atom stereocenters. The third-order valence-electron chi connectivity index (χ3n) is 5.38. The average Bonchev–Trinajstić information content (AvgIpc) is 2.68. The summed E-state index contributed by atoms with van der Waals surface area (Å²) in [6.07, 6.45) is -3.19. The second-order valence-corrected chi connectivity index (χ2v) is 7.56. The molecular formula is C21H19F5O3. The lowest BCUT2D eigenvalue weighted by atomic mass is 9.83. The van der Waals surface area contributed by atoms with Crippen LogP contribution in [0.2, 0.25) is 0 Å². The van der Waals surface area contributed by atoms with Gasteiger partial charge in [-0.05, 0) is 29.7 Å². The van der Waals surface area contributed by atoms with E-state index in [-0.39, 0.29) is 11.0 Å². The van der Waals surface area contributed by atoms with Gasteiger partial charge in [0, 0.05) is 11.0 Å². The van der Waals surface area contributed by atoms with Gasteiger partial charge in [0.05, 0.1) is 19.8 Å². The third kappa shape index (κ3) is 3.53. The molecule has 156 valence electrons. The van der Waals surface area contributed by atoms with Crippen LogP contribution in [0.3, 0.4) is 0 Å². The summed E-state index contributed by atoms with van der Waals surface area (Å²) < 4.78 is 83.5. The summed E-state index contributed by atoms with van der Waals surface area (Å²) in [5.41, 5.74) is -1.13. The van der Waals surface area contributed by atoms with Gasteiger partial charge in [0.2, 0.25) is 0 Å². The standard InChI is InChI=1S/C21H19F5O3/c1-2-7-19-10-27-21(28-11-19,29-12-19)15-5-3-13(4-6-15)14-8-16(22)18(17(23)9-14)20(24,25)26/h3-6,8-9H,2,7,10-12H2,1H3. The lowest BCUT2D eigenvalue weighted by Crippen LogP contribution is -2.58. The minimum Gasteiger partial charge on any atom is -0.323 e. The summed E-state index contributed by atoms with van der Waals surface area (Å²) in [6, 6.07) is 7.63. The van der Waals surface area contributed by atoms with Crippen LogP contribution in [-0.4, -0.2) is 19.8 Å². The van der Waals surface area contributed by atoms with Crippen molar-refractivity contribution in [2.75, 3.05) is 19.8 Å². The van der Waals surface area contributed by atoms with Crippen molar-refractivity contribution in [1.82, 2.24) is 0 Å². The van der Waals surface area contributed by atoms with E-state index in [1.807, 2.05) is 0 Å². The first-order valence-electron chi connectivity index (χ1n) is 9.27. The molecule has 3 aliphatic rings. The average molecular weight is 414 g/mol. The minimum atomic E-state index is -5.10. The molecule has 2 bridgehead atoms. The number of halogens is 5. The van der Waals surface area contributed by atoms with Gasteiger partial charge in [-0.3, -0.25) is 0 Å². The van der Waals surface area contributed by atoms with E-state index in [2.05, 4.69) is 6.92 Å². The van der Waals surface area contributed by atoms with Crippen molar-refractivity contribution in [3.8, 4) is 11.1 Å². The lowest BCUT2D eigenvalue weighted by molar-refractivity contribution is -0.480. The van der Waals surface area contributed by atoms with Gasteiger partial charge < -0.3 is 14.2 Å². The molecule has 0 aliphatic carbocycles. The second kappa shape index (κ2) is 7.04. The van der Waals surface area contributed by atoms with Gasteiger partial charge in [-0.1, -0.05) is 37.6 Å². The van der Waals surface area contributed by atoms with Crippen LogP contribution in [0.5, 0.6) is 0 Å². The number of ether oxygens (including phenoxy) is 3. The number of rotatable bonds is 4. The van der Waals surface area contributed by atoms with Crippen LogP contribution in [0.4, 0.5) is 22.0 Å². The Hall–Kier alpha value is -2.03. The molecule has 0 N–H and O–H groups in total. The predicted octanol–water partition coefficient (Wildman–Crippen LogP) is 5.62. The Balaban J connectivity index is 1.58. The number of hydrogen-bond acceptors (Lipinski definition) is 3. The SMILES string of the molecule is CCCC12COC(c3ccc(-c4cc(F)c(C(F)(F)F)c(F)c4)cc3)(OC1)OC2. The molecule has 5 rings (SSSR count). The number of fused-ring (bicyclic) bond motifs is 3. The molecule has 29 heavy (non-hydrogen) atoms. The molecule has 0 spiro atoms. The van der Waals surface area contributed by atoms with Crippen LogP contribution < -0.4 is 0 Å². The van der Waals surface area contributed by atoms with E-state index in [1.165, 1.54) is 12.1 Å². The number of alkyl halides is 3. The van der Waals surface area contributed by atoms with E-state index in [1.54, 1.807) is 12.1 Å². The van der Waals surface area contributed by atoms with Crippen LogP contribution in [0, 0.1) is 17.0 Å². The highest BCUT2D eigenvalue weighted by Gasteiger charge is 2.53. The summed E-state index contributed by atoms with van der Waals surface area (Å²) >= 11 is 0. The van der Waals surface area contributed by atoms with Crippen molar-refractivity contribution in [3.05, 3.63) is 59.2 Å². The van der Waals surface area contributed by atoms with Crippen molar-refractivity contribution in [3.63, 3.8) is 0 Å². The highest BCUT2D eigenvalue weighted by atomic mass is 19.4. The second-order valence-electron chi connectivity index (χ2n) is 7.56. The highest BCUT2D eigenvalue weighted by molar-refractivity contribution is 5.64. The largest absolute Gasteiger partial charge is 0.422 e. The molecular weight excluding hydrogens is 395 g/mol. The van der Waals surface area contributed by atoms with Crippen molar-refractivity contribution < 1.29 is 36.2 Å². The summed E-state index contributed by atoms with van der Waals surface area (Å²) in [6.45, 7) is 3.57. The van der Waals surface area contributed by atoms with Crippen molar-refractivity contribution in [2.45, 2.75) is 31.9 Å². The maximum absolute atomic E-state index is 13.9. The molecule has 3 nitrogen and oxygen atoms in total. The Kier molecular flexibility index (Phi) is 4.91. The Morgan fingerprint density at radius 1 is 0.862 bits per heavy atom. The molecule has 0 amide bonds. The minimum absolute atomic E-state index is 0.00550.